The Morgan fingerprint density at radius 3 is 2.57 bits per heavy atom. The second-order valence-electron chi connectivity index (χ2n) is 3.55. The number of hydrogen-bond acceptors (Lipinski definition) is 1. The predicted octanol–water partition coefficient (Wildman–Crippen LogP) is 3.36. The van der Waals surface area contributed by atoms with Gasteiger partial charge in [-0.25, -0.2) is 0 Å². The van der Waals surface area contributed by atoms with Crippen LogP contribution in [0, 0.1) is 6.92 Å². The summed E-state index contributed by atoms with van der Waals surface area (Å²) in [6.07, 6.45) is 6.61. The topological polar surface area (TPSA) is 12.0 Å². The summed E-state index contributed by atoms with van der Waals surface area (Å²) in [6, 6.07) is 8.53. The van der Waals surface area contributed by atoms with Gasteiger partial charge in [0.2, 0.25) is 0 Å². The van der Waals surface area contributed by atoms with Crippen molar-refractivity contribution < 1.29 is 0 Å². The van der Waals surface area contributed by atoms with Gasteiger partial charge in [0.05, 0.1) is 0 Å². The Kier molecular flexibility index (Phi) is 4.84. The van der Waals surface area contributed by atoms with E-state index in [1.54, 1.807) is 0 Å². The Labute approximate surface area is 86.8 Å². The Balaban J connectivity index is 2.33. The van der Waals surface area contributed by atoms with E-state index in [-0.39, 0.29) is 0 Å². The van der Waals surface area contributed by atoms with Gasteiger partial charge in [0.25, 0.3) is 0 Å². The molecule has 0 amide bonds. The molecule has 0 radical (unpaired) electrons. The molecule has 0 aliphatic heterocycles. The Hall–Kier alpha value is -1.24. The molecule has 0 heterocycles. The van der Waals surface area contributed by atoms with Crippen LogP contribution in [0.1, 0.15) is 30.9 Å². The lowest BCUT2D eigenvalue weighted by atomic mass is 10.1. The maximum Gasteiger partial charge on any atom is 0.0141 e. The highest BCUT2D eigenvalue weighted by Gasteiger charge is 1.85. The molecule has 0 aliphatic carbocycles. The highest BCUT2D eigenvalue weighted by molar-refractivity contribution is 5.49. The van der Waals surface area contributed by atoms with Gasteiger partial charge in [-0.15, -0.1) is 0 Å². The van der Waals surface area contributed by atoms with Crippen LogP contribution in [0.4, 0.5) is 0 Å². The summed E-state index contributed by atoms with van der Waals surface area (Å²) < 4.78 is 0. The number of unbranched alkanes of at least 4 members (excludes halogenated alkanes) is 1. The number of rotatable bonds is 5. The normalized spacial score (nSPS) is 10.7. The van der Waals surface area contributed by atoms with E-state index in [9.17, 15) is 0 Å². The van der Waals surface area contributed by atoms with Crippen LogP contribution in [0.25, 0.3) is 6.08 Å². The fourth-order valence-electron chi connectivity index (χ4n) is 1.19. The quantitative estimate of drug-likeness (QED) is 0.700. The summed E-state index contributed by atoms with van der Waals surface area (Å²) in [5.41, 5.74) is 2.56. The molecule has 1 N–H and O–H groups in total. The molecule has 0 saturated carbocycles. The van der Waals surface area contributed by atoms with Gasteiger partial charge in [-0.2, -0.15) is 0 Å². The lowest BCUT2D eigenvalue weighted by Gasteiger charge is -1.98. The van der Waals surface area contributed by atoms with Crippen LogP contribution >= 0.6 is 0 Å². The van der Waals surface area contributed by atoms with Gasteiger partial charge in [-0.05, 0) is 31.2 Å². The van der Waals surface area contributed by atoms with E-state index in [0.29, 0.717) is 0 Å². The molecule has 14 heavy (non-hydrogen) atoms. The maximum absolute atomic E-state index is 3.27. The highest BCUT2D eigenvalue weighted by atomic mass is 14.8. The average Bonchev–Trinajstić information content (AvgIpc) is 2.21. The number of benzene rings is 1. The van der Waals surface area contributed by atoms with Crippen molar-refractivity contribution in [2.45, 2.75) is 26.7 Å². The minimum Gasteiger partial charge on any atom is -0.391 e. The van der Waals surface area contributed by atoms with Gasteiger partial charge in [-0.3, -0.25) is 0 Å². The molecule has 76 valence electrons. The van der Waals surface area contributed by atoms with Crippen molar-refractivity contribution in [2.24, 2.45) is 0 Å². The van der Waals surface area contributed by atoms with E-state index >= 15 is 0 Å². The van der Waals surface area contributed by atoms with Gasteiger partial charge in [0.15, 0.2) is 0 Å². The first-order chi connectivity index (χ1) is 6.83. The maximum atomic E-state index is 3.27. The van der Waals surface area contributed by atoms with Crippen LogP contribution in [0.5, 0.6) is 0 Å². The van der Waals surface area contributed by atoms with Crippen molar-refractivity contribution in [3.63, 3.8) is 0 Å². The molecule has 0 spiro atoms. The van der Waals surface area contributed by atoms with Crippen LogP contribution < -0.4 is 5.32 Å². The van der Waals surface area contributed by atoms with E-state index in [4.69, 9.17) is 0 Å². The molecule has 0 fully saturated rings. The summed E-state index contributed by atoms with van der Waals surface area (Å²) in [5.74, 6) is 0. The Bertz CT molecular complexity index is 272. The van der Waals surface area contributed by atoms with Crippen LogP contribution in [0.15, 0.2) is 30.5 Å². The van der Waals surface area contributed by atoms with E-state index in [0.717, 1.165) is 6.54 Å². The van der Waals surface area contributed by atoms with E-state index < -0.39 is 0 Å². The molecular formula is C13H19N. The first kappa shape index (κ1) is 10.8. The number of nitrogens with one attached hydrogen (secondary N) is 1. The molecule has 0 saturated heterocycles. The van der Waals surface area contributed by atoms with Crippen molar-refractivity contribution in [3.05, 3.63) is 41.6 Å². The van der Waals surface area contributed by atoms with Crippen LogP contribution in [-0.4, -0.2) is 6.54 Å². The van der Waals surface area contributed by atoms with Gasteiger partial charge in [-0.1, -0.05) is 43.2 Å². The molecule has 0 atom stereocenters. The molecular weight excluding hydrogens is 170 g/mol. The first-order valence-electron chi connectivity index (χ1n) is 5.29. The summed E-state index contributed by atoms with van der Waals surface area (Å²) in [6.45, 7) is 5.37. The van der Waals surface area contributed by atoms with Crippen LogP contribution in [0.3, 0.4) is 0 Å². The molecule has 1 rings (SSSR count). The van der Waals surface area contributed by atoms with Crippen molar-refractivity contribution in [1.29, 1.82) is 0 Å². The van der Waals surface area contributed by atoms with Gasteiger partial charge >= 0.3 is 0 Å². The number of aryl methyl sites for hydroxylation is 1. The third-order valence-electron chi connectivity index (χ3n) is 2.15. The van der Waals surface area contributed by atoms with Crippen molar-refractivity contribution in [3.8, 4) is 0 Å². The summed E-state index contributed by atoms with van der Waals surface area (Å²) in [7, 11) is 0. The SMILES string of the molecule is CCCCNC=Cc1ccc(C)cc1. The van der Waals surface area contributed by atoms with Gasteiger partial charge < -0.3 is 5.32 Å². The van der Waals surface area contributed by atoms with E-state index in [2.05, 4.69) is 49.5 Å². The fourth-order valence-corrected chi connectivity index (χ4v) is 1.19. The zero-order valence-electron chi connectivity index (χ0n) is 9.09. The molecule has 1 aromatic rings. The van der Waals surface area contributed by atoms with Crippen molar-refractivity contribution >= 4 is 6.08 Å². The van der Waals surface area contributed by atoms with Crippen LogP contribution in [0.2, 0.25) is 0 Å². The third-order valence-corrected chi connectivity index (χ3v) is 2.15. The molecule has 0 unspecified atom stereocenters. The summed E-state index contributed by atoms with van der Waals surface area (Å²) in [5, 5.41) is 3.27. The lowest BCUT2D eigenvalue weighted by Crippen LogP contribution is -2.05. The second-order valence-corrected chi connectivity index (χ2v) is 3.55. The molecule has 0 aromatic heterocycles. The van der Waals surface area contributed by atoms with E-state index in [1.807, 2.05) is 6.20 Å². The molecule has 1 heteroatoms. The highest BCUT2D eigenvalue weighted by Crippen LogP contribution is 2.04. The summed E-state index contributed by atoms with van der Waals surface area (Å²) in [4.78, 5) is 0. The Morgan fingerprint density at radius 2 is 1.93 bits per heavy atom. The largest absolute Gasteiger partial charge is 0.391 e. The standard InChI is InChI=1S/C13H19N/c1-3-4-10-14-11-9-13-7-5-12(2)6-8-13/h5-9,11,14H,3-4,10H2,1-2H3. The van der Waals surface area contributed by atoms with Crippen molar-refractivity contribution in [1.82, 2.24) is 5.32 Å². The van der Waals surface area contributed by atoms with Gasteiger partial charge in [0.1, 0.15) is 0 Å². The third kappa shape index (κ3) is 4.13. The summed E-state index contributed by atoms with van der Waals surface area (Å²) >= 11 is 0. The van der Waals surface area contributed by atoms with E-state index in [1.165, 1.54) is 24.0 Å². The van der Waals surface area contributed by atoms with Crippen molar-refractivity contribution in [2.75, 3.05) is 6.54 Å². The minimum atomic E-state index is 1.07. The number of hydrogen-bond donors (Lipinski definition) is 1. The Morgan fingerprint density at radius 1 is 1.21 bits per heavy atom. The minimum absolute atomic E-state index is 1.07. The average molecular weight is 189 g/mol. The first-order valence-corrected chi connectivity index (χ1v) is 5.29. The zero-order valence-corrected chi connectivity index (χ0v) is 9.09. The predicted molar refractivity (Wildman–Crippen MR) is 63.1 cm³/mol. The smallest absolute Gasteiger partial charge is 0.0141 e. The van der Waals surface area contributed by atoms with Gasteiger partial charge in [0, 0.05) is 6.54 Å². The monoisotopic (exact) mass is 189 g/mol. The molecule has 0 aliphatic rings. The molecule has 1 nitrogen and oxygen atoms in total. The lowest BCUT2D eigenvalue weighted by molar-refractivity contribution is 0.737. The fraction of sp³-hybridized carbons (Fsp3) is 0.385. The molecule has 1 aromatic carbocycles. The second kappa shape index (κ2) is 6.25. The zero-order chi connectivity index (χ0) is 10.2. The van der Waals surface area contributed by atoms with Crippen LogP contribution in [-0.2, 0) is 0 Å². The molecule has 0 bridgehead atoms.